The summed E-state index contributed by atoms with van der Waals surface area (Å²) in [6, 6.07) is 16.2. The fourth-order valence-electron chi connectivity index (χ4n) is 3.87. The first-order valence-electron chi connectivity index (χ1n) is 9.34. The molecule has 0 aliphatic heterocycles. The standard InChI is InChI=1S/C22H24N4O/c1-22(2)12-11-20(18-5-3-4-6-19(18)22)25-21(27)17-9-7-16(8-10-17)13-26-15-23-14-24-26/h3-10,14-15,20H,11-13H2,1-2H3,(H,25,27)/t20-/m0/s1. The SMILES string of the molecule is CC1(C)CC[C@H](NC(=O)c2ccc(Cn3cncn3)cc2)c2ccccc21. The maximum Gasteiger partial charge on any atom is 0.251 e. The van der Waals surface area contributed by atoms with Crippen LogP contribution in [0.2, 0.25) is 0 Å². The number of nitrogens with one attached hydrogen (secondary N) is 1. The van der Waals surface area contributed by atoms with E-state index in [4.69, 9.17) is 0 Å². The zero-order valence-corrected chi connectivity index (χ0v) is 15.7. The van der Waals surface area contributed by atoms with Crippen molar-refractivity contribution in [2.24, 2.45) is 0 Å². The van der Waals surface area contributed by atoms with E-state index in [0.717, 1.165) is 18.4 Å². The molecule has 1 aliphatic rings. The highest BCUT2D eigenvalue weighted by Crippen LogP contribution is 2.41. The number of fused-ring (bicyclic) bond motifs is 1. The molecule has 2 aromatic carbocycles. The number of nitrogens with zero attached hydrogens (tertiary/aromatic N) is 3. The van der Waals surface area contributed by atoms with Crippen molar-refractivity contribution < 1.29 is 4.79 Å². The van der Waals surface area contributed by atoms with E-state index in [1.165, 1.54) is 17.5 Å². The molecular formula is C22H24N4O. The van der Waals surface area contributed by atoms with Gasteiger partial charge in [0.25, 0.3) is 5.91 Å². The lowest BCUT2D eigenvalue weighted by Crippen LogP contribution is -2.35. The van der Waals surface area contributed by atoms with Gasteiger partial charge in [0.2, 0.25) is 0 Å². The first-order valence-corrected chi connectivity index (χ1v) is 9.34. The van der Waals surface area contributed by atoms with E-state index in [-0.39, 0.29) is 17.4 Å². The van der Waals surface area contributed by atoms with Gasteiger partial charge in [0.05, 0.1) is 12.6 Å². The third-order valence-electron chi connectivity index (χ3n) is 5.46. The molecule has 1 heterocycles. The molecular weight excluding hydrogens is 336 g/mol. The van der Waals surface area contributed by atoms with Crippen LogP contribution in [0, 0.1) is 0 Å². The number of carbonyl (C=O) groups excluding carboxylic acids is 1. The van der Waals surface area contributed by atoms with E-state index in [1.807, 2.05) is 24.3 Å². The Morgan fingerprint density at radius 3 is 2.70 bits per heavy atom. The lowest BCUT2D eigenvalue weighted by Gasteiger charge is -2.37. The summed E-state index contributed by atoms with van der Waals surface area (Å²) in [7, 11) is 0. The Labute approximate surface area is 159 Å². The molecule has 1 atom stereocenters. The normalized spacial score (nSPS) is 17.9. The minimum atomic E-state index is -0.0261. The minimum Gasteiger partial charge on any atom is -0.345 e. The van der Waals surface area contributed by atoms with Crippen molar-refractivity contribution in [1.29, 1.82) is 0 Å². The molecule has 27 heavy (non-hydrogen) atoms. The summed E-state index contributed by atoms with van der Waals surface area (Å²) in [5, 5.41) is 7.33. The van der Waals surface area contributed by atoms with E-state index >= 15 is 0 Å². The van der Waals surface area contributed by atoms with Crippen LogP contribution in [0.25, 0.3) is 0 Å². The lowest BCUT2D eigenvalue weighted by molar-refractivity contribution is 0.0929. The van der Waals surface area contributed by atoms with Crippen molar-refractivity contribution in [2.45, 2.75) is 44.7 Å². The molecule has 0 fully saturated rings. The zero-order valence-electron chi connectivity index (χ0n) is 15.7. The first-order chi connectivity index (χ1) is 13.0. The Morgan fingerprint density at radius 2 is 1.96 bits per heavy atom. The molecule has 1 N–H and O–H groups in total. The first kappa shape index (κ1) is 17.5. The quantitative estimate of drug-likeness (QED) is 0.768. The lowest BCUT2D eigenvalue weighted by atomic mass is 9.71. The zero-order chi connectivity index (χ0) is 18.9. The summed E-state index contributed by atoms with van der Waals surface area (Å²) >= 11 is 0. The van der Waals surface area contributed by atoms with Crippen molar-refractivity contribution >= 4 is 5.91 Å². The van der Waals surface area contributed by atoms with E-state index in [1.54, 1.807) is 11.0 Å². The van der Waals surface area contributed by atoms with Crippen LogP contribution in [0.4, 0.5) is 0 Å². The predicted octanol–water partition coefficient (Wildman–Crippen LogP) is 3.87. The minimum absolute atomic E-state index is 0.0261. The number of hydrogen-bond acceptors (Lipinski definition) is 3. The maximum absolute atomic E-state index is 12.8. The van der Waals surface area contributed by atoms with Gasteiger partial charge in [-0.15, -0.1) is 0 Å². The van der Waals surface area contributed by atoms with Crippen LogP contribution in [0.1, 0.15) is 59.8 Å². The molecule has 0 spiro atoms. The molecule has 1 amide bonds. The monoisotopic (exact) mass is 360 g/mol. The van der Waals surface area contributed by atoms with Gasteiger partial charge in [-0.2, -0.15) is 5.10 Å². The summed E-state index contributed by atoms with van der Waals surface area (Å²) in [4.78, 5) is 16.7. The van der Waals surface area contributed by atoms with Gasteiger partial charge >= 0.3 is 0 Å². The molecule has 0 unspecified atom stereocenters. The molecule has 5 nitrogen and oxygen atoms in total. The molecule has 1 aromatic heterocycles. The number of aromatic nitrogens is 3. The van der Waals surface area contributed by atoms with Crippen LogP contribution in [0.3, 0.4) is 0 Å². The largest absolute Gasteiger partial charge is 0.345 e. The summed E-state index contributed by atoms with van der Waals surface area (Å²) in [6.45, 7) is 5.20. The Hall–Kier alpha value is -2.95. The van der Waals surface area contributed by atoms with E-state index in [0.29, 0.717) is 12.1 Å². The Bertz CT molecular complexity index is 929. The van der Waals surface area contributed by atoms with Gasteiger partial charge < -0.3 is 5.32 Å². The van der Waals surface area contributed by atoms with Crippen molar-refractivity contribution in [2.75, 3.05) is 0 Å². The van der Waals surface area contributed by atoms with Gasteiger partial charge in [0, 0.05) is 5.56 Å². The van der Waals surface area contributed by atoms with Crippen molar-refractivity contribution in [1.82, 2.24) is 20.1 Å². The molecule has 3 aromatic rings. The second-order valence-electron chi connectivity index (χ2n) is 7.83. The van der Waals surface area contributed by atoms with E-state index in [9.17, 15) is 4.79 Å². The van der Waals surface area contributed by atoms with Crippen LogP contribution in [-0.4, -0.2) is 20.7 Å². The van der Waals surface area contributed by atoms with Crippen LogP contribution < -0.4 is 5.32 Å². The average Bonchev–Trinajstić information content (AvgIpc) is 3.18. The highest BCUT2D eigenvalue weighted by atomic mass is 16.1. The summed E-state index contributed by atoms with van der Waals surface area (Å²) in [5.41, 5.74) is 4.50. The smallest absolute Gasteiger partial charge is 0.251 e. The van der Waals surface area contributed by atoms with Crippen molar-refractivity contribution in [3.63, 3.8) is 0 Å². The van der Waals surface area contributed by atoms with Crippen molar-refractivity contribution in [3.8, 4) is 0 Å². The third-order valence-corrected chi connectivity index (χ3v) is 5.46. The molecule has 0 bridgehead atoms. The molecule has 1 aliphatic carbocycles. The molecule has 0 radical (unpaired) electrons. The van der Waals surface area contributed by atoms with Crippen LogP contribution in [0.15, 0.2) is 61.2 Å². The second-order valence-corrected chi connectivity index (χ2v) is 7.83. The topological polar surface area (TPSA) is 59.8 Å². The highest BCUT2D eigenvalue weighted by Gasteiger charge is 2.32. The maximum atomic E-state index is 12.8. The summed E-state index contributed by atoms with van der Waals surface area (Å²) in [6.07, 6.45) is 5.22. The van der Waals surface area contributed by atoms with Crippen LogP contribution >= 0.6 is 0 Å². The third kappa shape index (κ3) is 3.63. The van der Waals surface area contributed by atoms with Gasteiger partial charge in [-0.1, -0.05) is 50.2 Å². The fraction of sp³-hybridized carbons (Fsp3) is 0.318. The number of amides is 1. The molecule has 138 valence electrons. The average molecular weight is 360 g/mol. The van der Waals surface area contributed by atoms with Gasteiger partial charge in [0.15, 0.2) is 0 Å². The van der Waals surface area contributed by atoms with Gasteiger partial charge in [0.1, 0.15) is 12.7 Å². The Balaban J connectivity index is 1.48. The molecule has 4 rings (SSSR count). The van der Waals surface area contributed by atoms with Gasteiger partial charge in [-0.25, -0.2) is 9.67 Å². The van der Waals surface area contributed by atoms with Gasteiger partial charge in [-0.05, 0) is 47.1 Å². The summed E-state index contributed by atoms with van der Waals surface area (Å²) in [5.74, 6) is -0.0261. The Kier molecular flexibility index (Phi) is 4.52. The number of rotatable bonds is 4. The molecule has 0 saturated heterocycles. The van der Waals surface area contributed by atoms with Crippen molar-refractivity contribution in [3.05, 3.63) is 83.4 Å². The Morgan fingerprint density at radius 1 is 1.19 bits per heavy atom. The predicted molar refractivity (Wildman–Crippen MR) is 104 cm³/mol. The molecule has 0 saturated carbocycles. The highest BCUT2D eigenvalue weighted by molar-refractivity contribution is 5.94. The number of carbonyl (C=O) groups is 1. The molecule has 5 heteroatoms. The van der Waals surface area contributed by atoms with E-state index in [2.05, 4.69) is 53.5 Å². The fourth-order valence-corrected chi connectivity index (χ4v) is 3.87. The second kappa shape index (κ2) is 6.99. The number of hydrogen-bond donors (Lipinski definition) is 1. The summed E-state index contributed by atoms with van der Waals surface area (Å²) < 4.78 is 1.76. The van der Waals surface area contributed by atoms with E-state index < -0.39 is 0 Å². The number of benzene rings is 2. The van der Waals surface area contributed by atoms with Gasteiger partial charge in [-0.3, -0.25) is 4.79 Å². The van der Waals surface area contributed by atoms with Crippen LogP contribution in [-0.2, 0) is 12.0 Å². The van der Waals surface area contributed by atoms with Crippen LogP contribution in [0.5, 0.6) is 0 Å².